The maximum absolute atomic E-state index is 3.48. The van der Waals surface area contributed by atoms with Crippen LogP contribution in [0.2, 0.25) is 0 Å². The van der Waals surface area contributed by atoms with Gasteiger partial charge in [-0.05, 0) is 13.0 Å². The molecule has 3 heteroatoms. The van der Waals surface area contributed by atoms with E-state index in [1.807, 2.05) is 0 Å². The zero-order valence-electron chi connectivity index (χ0n) is 11.3. The van der Waals surface area contributed by atoms with Gasteiger partial charge in [0.25, 0.3) is 0 Å². The minimum Gasteiger partial charge on any atom is -0.313 e. The van der Waals surface area contributed by atoms with Crippen molar-refractivity contribution in [2.24, 2.45) is 0 Å². The molecule has 96 valence electrons. The summed E-state index contributed by atoms with van der Waals surface area (Å²) in [6, 6.07) is 0.617. The van der Waals surface area contributed by atoms with Crippen molar-refractivity contribution >= 4 is 0 Å². The Labute approximate surface area is 101 Å². The SMILES string of the molecule is CCCCN1CCN(CCNC(C)C)CC1. The Morgan fingerprint density at radius 2 is 1.56 bits per heavy atom. The number of nitrogens with zero attached hydrogens (tertiary/aromatic N) is 2. The third-order valence-electron chi connectivity index (χ3n) is 3.27. The number of rotatable bonds is 7. The molecule has 1 N–H and O–H groups in total. The van der Waals surface area contributed by atoms with Gasteiger partial charge in [0.1, 0.15) is 0 Å². The topological polar surface area (TPSA) is 18.5 Å². The fraction of sp³-hybridized carbons (Fsp3) is 1.00. The normalized spacial score (nSPS) is 19.5. The number of nitrogens with one attached hydrogen (secondary N) is 1. The Bertz CT molecular complexity index is 163. The molecule has 0 aliphatic carbocycles. The quantitative estimate of drug-likeness (QED) is 0.709. The van der Waals surface area contributed by atoms with Crippen LogP contribution in [0, 0.1) is 0 Å². The lowest BCUT2D eigenvalue weighted by atomic mass is 10.2. The highest BCUT2D eigenvalue weighted by molar-refractivity contribution is 4.72. The lowest BCUT2D eigenvalue weighted by molar-refractivity contribution is 0.131. The van der Waals surface area contributed by atoms with Crippen LogP contribution in [0.1, 0.15) is 33.6 Å². The summed E-state index contributed by atoms with van der Waals surface area (Å²) in [5, 5.41) is 3.48. The highest BCUT2D eigenvalue weighted by Gasteiger charge is 2.15. The highest BCUT2D eigenvalue weighted by Crippen LogP contribution is 2.02. The van der Waals surface area contributed by atoms with E-state index >= 15 is 0 Å². The van der Waals surface area contributed by atoms with Gasteiger partial charge in [-0.3, -0.25) is 4.90 Å². The van der Waals surface area contributed by atoms with Crippen LogP contribution in [0.4, 0.5) is 0 Å². The first-order chi connectivity index (χ1) is 7.72. The van der Waals surface area contributed by atoms with E-state index in [0.29, 0.717) is 6.04 Å². The van der Waals surface area contributed by atoms with Crippen LogP contribution >= 0.6 is 0 Å². The van der Waals surface area contributed by atoms with E-state index in [9.17, 15) is 0 Å². The van der Waals surface area contributed by atoms with Crippen LogP contribution < -0.4 is 5.32 Å². The molecule has 1 saturated heterocycles. The molecular formula is C13H29N3. The first-order valence-electron chi connectivity index (χ1n) is 6.90. The van der Waals surface area contributed by atoms with Crippen molar-refractivity contribution < 1.29 is 0 Å². The van der Waals surface area contributed by atoms with Crippen LogP contribution in [0.25, 0.3) is 0 Å². The smallest absolute Gasteiger partial charge is 0.0110 e. The number of hydrogen-bond acceptors (Lipinski definition) is 3. The molecule has 0 saturated carbocycles. The fourth-order valence-corrected chi connectivity index (χ4v) is 2.13. The van der Waals surface area contributed by atoms with E-state index in [1.165, 1.54) is 52.1 Å². The molecule has 3 nitrogen and oxygen atoms in total. The van der Waals surface area contributed by atoms with Crippen LogP contribution in [0.3, 0.4) is 0 Å². The van der Waals surface area contributed by atoms with Gasteiger partial charge in [-0.15, -0.1) is 0 Å². The molecule has 0 bridgehead atoms. The molecule has 0 aromatic rings. The highest BCUT2D eigenvalue weighted by atomic mass is 15.3. The molecule has 0 unspecified atom stereocenters. The lowest BCUT2D eigenvalue weighted by Gasteiger charge is -2.34. The minimum absolute atomic E-state index is 0.617. The van der Waals surface area contributed by atoms with Gasteiger partial charge in [-0.1, -0.05) is 27.2 Å². The van der Waals surface area contributed by atoms with E-state index in [2.05, 4.69) is 35.9 Å². The van der Waals surface area contributed by atoms with Crippen LogP contribution in [0.5, 0.6) is 0 Å². The molecule has 0 aromatic heterocycles. The maximum atomic E-state index is 3.48. The molecule has 1 fully saturated rings. The summed E-state index contributed by atoms with van der Waals surface area (Å²) in [6.45, 7) is 15.4. The van der Waals surface area contributed by atoms with Gasteiger partial charge in [0.2, 0.25) is 0 Å². The van der Waals surface area contributed by atoms with E-state index in [-0.39, 0.29) is 0 Å². The van der Waals surface area contributed by atoms with Gasteiger partial charge in [0.05, 0.1) is 0 Å². The van der Waals surface area contributed by atoms with Crippen molar-refractivity contribution in [2.45, 2.75) is 39.7 Å². The average Bonchev–Trinajstić information content (AvgIpc) is 2.27. The van der Waals surface area contributed by atoms with E-state index < -0.39 is 0 Å². The molecule has 0 spiro atoms. The first-order valence-corrected chi connectivity index (χ1v) is 6.90. The second kappa shape index (κ2) is 8.04. The van der Waals surface area contributed by atoms with Gasteiger partial charge in [-0.2, -0.15) is 0 Å². The largest absolute Gasteiger partial charge is 0.313 e. The molecule has 0 amide bonds. The summed E-state index contributed by atoms with van der Waals surface area (Å²) in [5.41, 5.74) is 0. The average molecular weight is 227 g/mol. The molecule has 0 atom stereocenters. The van der Waals surface area contributed by atoms with E-state index in [0.717, 1.165) is 6.54 Å². The summed E-state index contributed by atoms with van der Waals surface area (Å²) in [7, 11) is 0. The van der Waals surface area contributed by atoms with Gasteiger partial charge in [0.15, 0.2) is 0 Å². The fourth-order valence-electron chi connectivity index (χ4n) is 2.13. The molecule has 1 heterocycles. The Morgan fingerprint density at radius 3 is 2.06 bits per heavy atom. The van der Waals surface area contributed by atoms with Crippen molar-refractivity contribution in [2.75, 3.05) is 45.8 Å². The number of piperazine rings is 1. The summed E-state index contributed by atoms with van der Waals surface area (Å²) in [6.07, 6.45) is 2.67. The van der Waals surface area contributed by atoms with Crippen molar-refractivity contribution in [3.63, 3.8) is 0 Å². The third kappa shape index (κ3) is 5.83. The molecule has 1 aliphatic rings. The summed E-state index contributed by atoms with van der Waals surface area (Å²) < 4.78 is 0. The van der Waals surface area contributed by atoms with E-state index in [4.69, 9.17) is 0 Å². The summed E-state index contributed by atoms with van der Waals surface area (Å²) in [5.74, 6) is 0. The van der Waals surface area contributed by atoms with Crippen molar-refractivity contribution in [3.05, 3.63) is 0 Å². The predicted octanol–water partition coefficient (Wildman–Crippen LogP) is 1.40. The van der Waals surface area contributed by atoms with Gasteiger partial charge in [-0.25, -0.2) is 0 Å². The Hall–Kier alpha value is -0.120. The molecule has 1 rings (SSSR count). The third-order valence-corrected chi connectivity index (χ3v) is 3.27. The summed E-state index contributed by atoms with van der Waals surface area (Å²) >= 11 is 0. The van der Waals surface area contributed by atoms with Crippen molar-refractivity contribution in [3.8, 4) is 0 Å². The predicted molar refractivity (Wildman–Crippen MR) is 70.9 cm³/mol. The first kappa shape index (κ1) is 13.9. The Morgan fingerprint density at radius 1 is 1.00 bits per heavy atom. The second-order valence-corrected chi connectivity index (χ2v) is 5.15. The van der Waals surface area contributed by atoms with Crippen molar-refractivity contribution in [1.29, 1.82) is 0 Å². The van der Waals surface area contributed by atoms with Gasteiger partial charge >= 0.3 is 0 Å². The Kier molecular flexibility index (Phi) is 7.01. The van der Waals surface area contributed by atoms with Crippen molar-refractivity contribution in [1.82, 2.24) is 15.1 Å². The number of unbranched alkanes of at least 4 members (excludes halogenated alkanes) is 1. The van der Waals surface area contributed by atoms with Crippen LogP contribution in [-0.4, -0.2) is 61.7 Å². The molecule has 1 aliphatic heterocycles. The van der Waals surface area contributed by atoms with Gasteiger partial charge < -0.3 is 10.2 Å². The van der Waals surface area contributed by atoms with E-state index in [1.54, 1.807) is 0 Å². The molecule has 0 aromatic carbocycles. The zero-order chi connectivity index (χ0) is 11.8. The standard InChI is InChI=1S/C13H29N3/c1-4-5-7-15-9-11-16(12-10-15)8-6-14-13(2)3/h13-14H,4-12H2,1-3H3. The van der Waals surface area contributed by atoms with Gasteiger partial charge in [0, 0.05) is 45.3 Å². The van der Waals surface area contributed by atoms with Crippen LogP contribution in [0.15, 0.2) is 0 Å². The minimum atomic E-state index is 0.617. The molecule has 16 heavy (non-hydrogen) atoms. The lowest BCUT2D eigenvalue weighted by Crippen LogP contribution is -2.48. The Balaban J connectivity index is 2.03. The second-order valence-electron chi connectivity index (χ2n) is 5.15. The van der Waals surface area contributed by atoms with Crippen LogP contribution in [-0.2, 0) is 0 Å². The maximum Gasteiger partial charge on any atom is 0.0110 e. The number of hydrogen-bond donors (Lipinski definition) is 1. The monoisotopic (exact) mass is 227 g/mol. The molecular weight excluding hydrogens is 198 g/mol. The zero-order valence-corrected chi connectivity index (χ0v) is 11.3. The molecule has 0 radical (unpaired) electrons. The summed E-state index contributed by atoms with van der Waals surface area (Å²) in [4.78, 5) is 5.19.